The molecule has 0 bridgehead atoms. The zero-order valence-electron chi connectivity index (χ0n) is 17.4. The van der Waals surface area contributed by atoms with Gasteiger partial charge in [-0.2, -0.15) is 0 Å². The molecule has 4 heterocycles. The first kappa shape index (κ1) is 21.3. The van der Waals surface area contributed by atoms with E-state index in [2.05, 4.69) is 41.1 Å². The number of carbonyl (C=O) groups is 2. The van der Waals surface area contributed by atoms with Gasteiger partial charge in [-0.25, -0.2) is 4.98 Å². The van der Waals surface area contributed by atoms with Crippen molar-refractivity contribution in [1.82, 2.24) is 24.8 Å². The lowest BCUT2D eigenvalue weighted by atomic mass is 10.2. The number of hydrogen-bond acceptors (Lipinski definition) is 6. The number of nitrogens with one attached hydrogen (secondary N) is 2. The SMILES string of the molecule is CN(C)CC(=O)N1CCN(c2c(Br)cnc3[nH]cc(NC(=O)c4cccnc4)c23)CC1. The molecule has 9 nitrogen and oxygen atoms in total. The molecule has 1 saturated heterocycles. The number of carbonyl (C=O) groups excluding carboxylic acids is 2. The third kappa shape index (κ3) is 4.54. The first-order chi connectivity index (χ1) is 14.9. The van der Waals surface area contributed by atoms with E-state index in [0.29, 0.717) is 49.6 Å². The summed E-state index contributed by atoms with van der Waals surface area (Å²) >= 11 is 3.63. The van der Waals surface area contributed by atoms with Crippen molar-refractivity contribution in [1.29, 1.82) is 0 Å². The Morgan fingerprint density at radius 1 is 1.23 bits per heavy atom. The van der Waals surface area contributed by atoms with Gasteiger partial charge in [-0.1, -0.05) is 0 Å². The molecule has 31 heavy (non-hydrogen) atoms. The first-order valence-electron chi connectivity index (χ1n) is 9.98. The van der Waals surface area contributed by atoms with Crippen molar-refractivity contribution < 1.29 is 9.59 Å². The quantitative estimate of drug-likeness (QED) is 0.574. The highest BCUT2D eigenvalue weighted by Gasteiger charge is 2.26. The first-order valence-corrected chi connectivity index (χ1v) is 10.8. The summed E-state index contributed by atoms with van der Waals surface area (Å²) in [6, 6.07) is 3.45. The highest BCUT2D eigenvalue weighted by molar-refractivity contribution is 9.10. The van der Waals surface area contributed by atoms with Crippen molar-refractivity contribution in [3.63, 3.8) is 0 Å². The van der Waals surface area contributed by atoms with E-state index in [1.165, 1.54) is 6.20 Å². The summed E-state index contributed by atoms with van der Waals surface area (Å²) in [6.07, 6.45) is 6.66. The number of nitrogens with zero attached hydrogens (tertiary/aromatic N) is 5. The van der Waals surface area contributed by atoms with Gasteiger partial charge in [0.05, 0.1) is 33.3 Å². The van der Waals surface area contributed by atoms with Crippen molar-refractivity contribution in [2.45, 2.75) is 0 Å². The topological polar surface area (TPSA) is 97.5 Å². The fourth-order valence-corrected chi connectivity index (χ4v) is 4.26. The maximum Gasteiger partial charge on any atom is 0.257 e. The predicted molar refractivity (Wildman–Crippen MR) is 123 cm³/mol. The van der Waals surface area contributed by atoms with Crippen LogP contribution in [-0.2, 0) is 4.79 Å². The third-order valence-corrected chi connectivity index (χ3v) is 5.78. The minimum absolute atomic E-state index is 0.134. The lowest BCUT2D eigenvalue weighted by molar-refractivity contribution is -0.132. The number of piperazine rings is 1. The average Bonchev–Trinajstić information content (AvgIpc) is 3.16. The molecule has 162 valence electrons. The van der Waals surface area contributed by atoms with Crippen molar-refractivity contribution in [2.24, 2.45) is 0 Å². The summed E-state index contributed by atoms with van der Waals surface area (Å²) in [5.74, 6) is -0.103. The molecule has 2 N–H and O–H groups in total. The standard InChI is InChI=1S/C21H24BrN7O2/c1-27(2)13-17(30)28-6-8-29(9-7-28)19-15(22)11-24-20-18(19)16(12-25-20)26-21(31)14-4-3-5-23-10-14/h3-5,10-12H,6-9,13H2,1-2H3,(H,24,25)(H,26,31). The minimum atomic E-state index is -0.237. The van der Waals surface area contributed by atoms with Crippen LogP contribution >= 0.6 is 15.9 Å². The van der Waals surface area contributed by atoms with Gasteiger partial charge in [0.25, 0.3) is 5.91 Å². The van der Waals surface area contributed by atoms with Gasteiger partial charge in [-0.05, 0) is 42.2 Å². The molecule has 0 saturated carbocycles. The minimum Gasteiger partial charge on any atom is -0.366 e. The predicted octanol–water partition coefficient (Wildman–Crippen LogP) is 2.18. The number of halogens is 1. The molecular weight excluding hydrogens is 462 g/mol. The number of amides is 2. The van der Waals surface area contributed by atoms with E-state index in [9.17, 15) is 9.59 Å². The Bertz CT molecular complexity index is 1090. The summed E-state index contributed by atoms with van der Waals surface area (Å²) in [4.78, 5) is 42.7. The van der Waals surface area contributed by atoms with E-state index in [4.69, 9.17) is 0 Å². The second-order valence-corrected chi connectivity index (χ2v) is 8.54. The molecular formula is C21H24BrN7O2. The number of aromatic amines is 1. The number of H-pyrrole nitrogens is 1. The zero-order chi connectivity index (χ0) is 22.0. The molecule has 3 aromatic rings. The van der Waals surface area contributed by atoms with Gasteiger partial charge in [0.2, 0.25) is 5.91 Å². The van der Waals surface area contributed by atoms with Gasteiger partial charge in [0.15, 0.2) is 0 Å². The molecule has 1 fully saturated rings. The Labute approximate surface area is 188 Å². The van der Waals surface area contributed by atoms with Crippen LogP contribution in [0.1, 0.15) is 10.4 Å². The number of fused-ring (bicyclic) bond motifs is 1. The van der Waals surface area contributed by atoms with Crippen LogP contribution in [0.4, 0.5) is 11.4 Å². The van der Waals surface area contributed by atoms with Crippen LogP contribution in [0.2, 0.25) is 0 Å². The Morgan fingerprint density at radius 3 is 2.68 bits per heavy atom. The molecule has 0 aliphatic carbocycles. The van der Waals surface area contributed by atoms with E-state index >= 15 is 0 Å². The summed E-state index contributed by atoms with van der Waals surface area (Å²) in [5.41, 5.74) is 2.77. The largest absolute Gasteiger partial charge is 0.366 e. The van der Waals surface area contributed by atoms with E-state index in [-0.39, 0.29) is 11.8 Å². The van der Waals surface area contributed by atoms with Gasteiger partial charge in [0, 0.05) is 51.0 Å². The fraction of sp³-hybridized carbons (Fsp3) is 0.333. The summed E-state index contributed by atoms with van der Waals surface area (Å²) in [6.45, 7) is 3.08. The zero-order valence-corrected chi connectivity index (χ0v) is 19.0. The average molecular weight is 486 g/mol. The summed E-state index contributed by atoms with van der Waals surface area (Å²) in [5, 5.41) is 3.80. The van der Waals surface area contributed by atoms with E-state index < -0.39 is 0 Å². The molecule has 4 rings (SSSR count). The molecule has 3 aromatic heterocycles. The number of rotatable bonds is 5. The molecule has 0 radical (unpaired) electrons. The van der Waals surface area contributed by atoms with Crippen LogP contribution in [0.3, 0.4) is 0 Å². The highest BCUT2D eigenvalue weighted by atomic mass is 79.9. The highest BCUT2D eigenvalue weighted by Crippen LogP contribution is 2.38. The molecule has 2 amide bonds. The smallest absolute Gasteiger partial charge is 0.257 e. The summed E-state index contributed by atoms with van der Waals surface area (Å²) < 4.78 is 0.838. The van der Waals surface area contributed by atoms with E-state index in [1.807, 2.05) is 23.9 Å². The Kier molecular flexibility index (Phi) is 6.19. The Hall–Kier alpha value is -2.98. The van der Waals surface area contributed by atoms with Crippen molar-refractivity contribution in [2.75, 3.05) is 57.0 Å². The van der Waals surface area contributed by atoms with Crippen molar-refractivity contribution in [3.05, 3.63) is 47.0 Å². The molecule has 1 aliphatic rings. The van der Waals surface area contributed by atoms with Crippen LogP contribution in [0.15, 0.2) is 41.4 Å². The molecule has 0 atom stereocenters. The second-order valence-electron chi connectivity index (χ2n) is 7.68. The van der Waals surface area contributed by atoms with E-state index in [0.717, 1.165) is 15.5 Å². The lowest BCUT2D eigenvalue weighted by Crippen LogP contribution is -2.50. The van der Waals surface area contributed by atoms with Gasteiger partial charge < -0.3 is 25.0 Å². The van der Waals surface area contributed by atoms with Crippen LogP contribution in [0, 0.1) is 0 Å². The fourth-order valence-electron chi connectivity index (χ4n) is 3.71. The van der Waals surface area contributed by atoms with Gasteiger partial charge in [-0.15, -0.1) is 0 Å². The normalized spacial score (nSPS) is 14.3. The molecule has 10 heteroatoms. The number of hydrogen-bond donors (Lipinski definition) is 2. The maximum atomic E-state index is 12.7. The number of pyridine rings is 2. The second kappa shape index (κ2) is 9.03. The van der Waals surface area contributed by atoms with Crippen molar-refractivity contribution >= 4 is 50.2 Å². The monoisotopic (exact) mass is 485 g/mol. The van der Waals surface area contributed by atoms with Gasteiger partial charge >= 0.3 is 0 Å². The number of aromatic nitrogens is 3. The molecule has 0 spiro atoms. The third-order valence-electron chi connectivity index (χ3n) is 5.20. The van der Waals surface area contributed by atoms with Crippen LogP contribution in [-0.4, -0.2) is 83.4 Å². The Morgan fingerprint density at radius 2 is 2.00 bits per heavy atom. The maximum absolute atomic E-state index is 12.7. The van der Waals surface area contributed by atoms with Gasteiger partial charge in [0.1, 0.15) is 5.65 Å². The molecule has 0 aromatic carbocycles. The van der Waals surface area contributed by atoms with Crippen LogP contribution < -0.4 is 10.2 Å². The summed E-state index contributed by atoms with van der Waals surface area (Å²) in [7, 11) is 3.79. The van der Waals surface area contributed by atoms with E-state index in [1.54, 1.807) is 30.7 Å². The number of anilines is 2. The van der Waals surface area contributed by atoms with Gasteiger partial charge in [-0.3, -0.25) is 14.6 Å². The van der Waals surface area contributed by atoms with Crippen LogP contribution in [0.5, 0.6) is 0 Å². The Balaban J connectivity index is 1.59. The number of likely N-dealkylation sites (N-methyl/N-ethyl adjacent to an activating group) is 1. The van der Waals surface area contributed by atoms with Crippen molar-refractivity contribution in [3.8, 4) is 0 Å². The molecule has 1 aliphatic heterocycles. The van der Waals surface area contributed by atoms with Crippen LogP contribution in [0.25, 0.3) is 11.0 Å². The molecule has 0 unspecified atom stereocenters. The lowest BCUT2D eigenvalue weighted by Gasteiger charge is -2.37.